The molecule has 0 N–H and O–H groups in total. The predicted octanol–water partition coefficient (Wildman–Crippen LogP) is 3.24. The van der Waals surface area contributed by atoms with E-state index in [1.165, 1.54) is 6.07 Å². The molecule has 3 aromatic rings. The number of nitrogens with zero attached hydrogens (tertiary/aromatic N) is 4. The first-order chi connectivity index (χ1) is 13.0. The van der Waals surface area contributed by atoms with Crippen molar-refractivity contribution < 1.29 is 13.6 Å². The molecule has 4 rings (SSSR count). The van der Waals surface area contributed by atoms with Gasteiger partial charge < -0.3 is 9.80 Å². The number of carbonyl (C=O) groups excluding carboxylic acids is 1. The van der Waals surface area contributed by atoms with Crippen LogP contribution in [-0.4, -0.2) is 47.0 Å². The van der Waals surface area contributed by atoms with Crippen molar-refractivity contribution >= 4 is 22.6 Å². The maximum absolute atomic E-state index is 13.7. The number of anilines is 1. The fourth-order valence-corrected chi connectivity index (χ4v) is 3.30. The molecule has 0 radical (unpaired) electrons. The largest absolute Gasteiger partial charge is 0.352 e. The molecule has 2 aromatic carbocycles. The van der Waals surface area contributed by atoms with Gasteiger partial charge in [0.1, 0.15) is 5.82 Å². The second kappa shape index (κ2) is 6.90. The molecule has 0 saturated carbocycles. The Balaban J connectivity index is 1.77. The van der Waals surface area contributed by atoms with Gasteiger partial charge in [-0.2, -0.15) is 0 Å². The quantitative estimate of drug-likeness (QED) is 0.697. The van der Waals surface area contributed by atoms with Crippen LogP contribution in [0.25, 0.3) is 22.3 Å². The number of benzene rings is 2. The topological polar surface area (TPSA) is 49.3 Å². The van der Waals surface area contributed by atoms with Gasteiger partial charge in [0, 0.05) is 44.1 Å². The summed E-state index contributed by atoms with van der Waals surface area (Å²) in [4.78, 5) is 24.7. The molecule has 0 aliphatic carbocycles. The Morgan fingerprint density at radius 3 is 2.41 bits per heavy atom. The summed E-state index contributed by atoms with van der Waals surface area (Å²) < 4.78 is 27.0. The number of carbonyl (C=O) groups is 1. The highest BCUT2D eigenvalue weighted by molar-refractivity contribution is 5.91. The van der Waals surface area contributed by atoms with Crippen molar-refractivity contribution in [3.63, 3.8) is 0 Å². The van der Waals surface area contributed by atoms with Crippen LogP contribution >= 0.6 is 0 Å². The molecule has 1 aliphatic heterocycles. The SMILES string of the molecule is CC(=O)N1CCN(c2nc(-c3ccc(F)c(F)c3)nc3ccccc23)CC1. The van der Waals surface area contributed by atoms with Crippen LogP contribution < -0.4 is 4.90 Å². The molecular weight excluding hydrogens is 350 g/mol. The third kappa shape index (κ3) is 3.32. The van der Waals surface area contributed by atoms with E-state index in [2.05, 4.69) is 14.9 Å². The Hall–Kier alpha value is -3.09. The summed E-state index contributed by atoms with van der Waals surface area (Å²) in [6.45, 7) is 4.11. The number of aromatic nitrogens is 2. The highest BCUT2D eigenvalue weighted by atomic mass is 19.2. The van der Waals surface area contributed by atoms with Gasteiger partial charge in [-0.25, -0.2) is 18.7 Å². The molecular formula is C20H18F2N4O. The molecule has 7 heteroatoms. The Kier molecular flexibility index (Phi) is 4.43. The number of amides is 1. The number of halogens is 2. The Morgan fingerprint density at radius 2 is 1.70 bits per heavy atom. The van der Waals surface area contributed by atoms with Gasteiger partial charge in [0.15, 0.2) is 17.5 Å². The molecule has 27 heavy (non-hydrogen) atoms. The van der Waals surface area contributed by atoms with Crippen LogP contribution in [0.2, 0.25) is 0 Å². The van der Waals surface area contributed by atoms with Crippen molar-refractivity contribution in [1.29, 1.82) is 0 Å². The van der Waals surface area contributed by atoms with E-state index >= 15 is 0 Å². The molecule has 0 bridgehead atoms. The monoisotopic (exact) mass is 368 g/mol. The Labute approximate surface area is 155 Å². The molecule has 138 valence electrons. The maximum atomic E-state index is 13.7. The van der Waals surface area contributed by atoms with Crippen LogP contribution in [-0.2, 0) is 4.79 Å². The minimum absolute atomic E-state index is 0.0599. The molecule has 1 aromatic heterocycles. The lowest BCUT2D eigenvalue weighted by atomic mass is 10.1. The molecule has 0 spiro atoms. The second-order valence-corrected chi connectivity index (χ2v) is 6.51. The van der Waals surface area contributed by atoms with E-state index in [0.717, 1.165) is 28.9 Å². The fourth-order valence-electron chi connectivity index (χ4n) is 3.30. The summed E-state index contributed by atoms with van der Waals surface area (Å²) in [7, 11) is 0. The lowest BCUT2D eigenvalue weighted by Gasteiger charge is -2.35. The van der Waals surface area contributed by atoms with Crippen molar-refractivity contribution in [1.82, 2.24) is 14.9 Å². The van der Waals surface area contributed by atoms with E-state index in [-0.39, 0.29) is 5.91 Å². The highest BCUT2D eigenvalue weighted by Crippen LogP contribution is 2.28. The lowest BCUT2D eigenvalue weighted by Crippen LogP contribution is -2.48. The summed E-state index contributed by atoms with van der Waals surface area (Å²) in [6, 6.07) is 11.3. The van der Waals surface area contributed by atoms with E-state index in [4.69, 9.17) is 0 Å². The predicted molar refractivity (Wildman–Crippen MR) is 99.4 cm³/mol. The van der Waals surface area contributed by atoms with Gasteiger partial charge in [-0.05, 0) is 30.3 Å². The molecule has 1 aliphatic rings. The zero-order valence-electron chi connectivity index (χ0n) is 14.8. The molecule has 1 saturated heterocycles. The van der Waals surface area contributed by atoms with Gasteiger partial charge in [0.25, 0.3) is 0 Å². The smallest absolute Gasteiger partial charge is 0.219 e. The van der Waals surface area contributed by atoms with Crippen LogP contribution in [0.5, 0.6) is 0 Å². The number of para-hydroxylation sites is 1. The van der Waals surface area contributed by atoms with E-state index in [0.29, 0.717) is 37.6 Å². The van der Waals surface area contributed by atoms with E-state index in [9.17, 15) is 13.6 Å². The highest BCUT2D eigenvalue weighted by Gasteiger charge is 2.22. The van der Waals surface area contributed by atoms with Crippen molar-refractivity contribution in [2.24, 2.45) is 0 Å². The minimum atomic E-state index is -0.930. The maximum Gasteiger partial charge on any atom is 0.219 e. The molecule has 1 fully saturated rings. The van der Waals surface area contributed by atoms with Crippen molar-refractivity contribution in [2.75, 3.05) is 31.1 Å². The number of rotatable bonds is 2. The van der Waals surface area contributed by atoms with Crippen LogP contribution in [0.1, 0.15) is 6.92 Å². The summed E-state index contributed by atoms with van der Waals surface area (Å²) >= 11 is 0. The van der Waals surface area contributed by atoms with Gasteiger partial charge in [-0.15, -0.1) is 0 Å². The number of fused-ring (bicyclic) bond motifs is 1. The van der Waals surface area contributed by atoms with E-state index in [1.54, 1.807) is 11.8 Å². The fraction of sp³-hybridized carbons (Fsp3) is 0.250. The average molecular weight is 368 g/mol. The van der Waals surface area contributed by atoms with Crippen molar-refractivity contribution in [3.05, 3.63) is 54.1 Å². The third-order valence-corrected chi connectivity index (χ3v) is 4.79. The summed E-state index contributed by atoms with van der Waals surface area (Å²) in [6.07, 6.45) is 0. The first-order valence-electron chi connectivity index (χ1n) is 8.75. The van der Waals surface area contributed by atoms with Gasteiger partial charge in [-0.3, -0.25) is 4.79 Å². The first-order valence-corrected chi connectivity index (χ1v) is 8.75. The number of hydrogen-bond donors (Lipinski definition) is 0. The second-order valence-electron chi connectivity index (χ2n) is 6.51. The van der Waals surface area contributed by atoms with Gasteiger partial charge in [0.2, 0.25) is 5.91 Å². The molecule has 2 heterocycles. The van der Waals surface area contributed by atoms with Crippen LogP contribution in [0.4, 0.5) is 14.6 Å². The van der Waals surface area contributed by atoms with Crippen molar-refractivity contribution in [3.8, 4) is 11.4 Å². The lowest BCUT2D eigenvalue weighted by molar-refractivity contribution is -0.129. The normalized spacial score (nSPS) is 14.6. The first kappa shape index (κ1) is 17.3. The zero-order valence-corrected chi connectivity index (χ0v) is 14.8. The molecule has 5 nitrogen and oxygen atoms in total. The van der Waals surface area contributed by atoms with Gasteiger partial charge >= 0.3 is 0 Å². The average Bonchev–Trinajstić information content (AvgIpc) is 2.69. The van der Waals surface area contributed by atoms with Crippen LogP contribution in [0.3, 0.4) is 0 Å². The van der Waals surface area contributed by atoms with Gasteiger partial charge in [-0.1, -0.05) is 12.1 Å². The van der Waals surface area contributed by atoms with E-state index in [1.807, 2.05) is 24.3 Å². The Morgan fingerprint density at radius 1 is 0.963 bits per heavy atom. The number of hydrogen-bond acceptors (Lipinski definition) is 4. The van der Waals surface area contributed by atoms with Crippen LogP contribution in [0, 0.1) is 11.6 Å². The summed E-state index contributed by atoms with van der Waals surface area (Å²) in [5.74, 6) is -0.689. The Bertz CT molecular complexity index is 1020. The molecule has 1 amide bonds. The molecule has 0 unspecified atom stereocenters. The molecule has 0 atom stereocenters. The third-order valence-electron chi connectivity index (χ3n) is 4.79. The summed E-state index contributed by atoms with van der Waals surface area (Å²) in [5, 5.41) is 0.889. The zero-order chi connectivity index (χ0) is 19.0. The van der Waals surface area contributed by atoms with Crippen LogP contribution in [0.15, 0.2) is 42.5 Å². The standard InChI is InChI=1S/C20H18F2N4O/c1-13(27)25-8-10-26(11-9-25)20-15-4-2-3-5-18(15)23-19(24-20)14-6-7-16(21)17(22)12-14/h2-7,12H,8-11H2,1H3. The van der Waals surface area contributed by atoms with Crippen molar-refractivity contribution in [2.45, 2.75) is 6.92 Å². The number of piperazine rings is 1. The minimum Gasteiger partial charge on any atom is -0.352 e. The van der Waals surface area contributed by atoms with Gasteiger partial charge in [0.05, 0.1) is 5.52 Å². The summed E-state index contributed by atoms with van der Waals surface area (Å²) in [5.41, 5.74) is 1.15. The van der Waals surface area contributed by atoms with E-state index < -0.39 is 11.6 Å².